The van der Waals surface area contributed by atoms with Gasteiger partial charge in [0.05, 0.1) is 6.10 Å². The van der Waals surface area contributed by atoms with Crippen LogP contribution in [0.5, 0.6) is 0 Å². The summed E-state index contributed by atoms with van der Waals surface area (Å²) in [5.41, 5.74) is 7.38. The summed E-state index contributed by atoms with van der Waals surface area (Å²) in [7, 11) is 0. The highest BCUT2D eigenvalue weighted by Gasteiger charge is 2.10. The summed E-state index contributed by atoms with van der Waals surface area (Å²) < 4.78 is 0.965. The molecule has 0 heterocycles. The molecule has 0 amide bonds. The Bertz CT molecular complexity index is 341. The van der Waals surface area contributed by atoms with Crippen LogP contribution in [-0.4, -0.2) is 5.11 Å². The molecular weight excluding hydrogens is 278 g/mol. The molecule has 0 spiro atoms. The van der Waals surface area contributed by atoms with Gasteiger partial charge in [0.1, 0.15) is 0 Å². The predicted molar refractivity (Wildman–Crippen MR) is 76.9 cm³/mol. The van der Waals surface area contributed by atoms with E-state index in [1.165, 1.54) is 25.7 Å². The molecule has 0 radical (unpaired) electrons. The molecule has 3 N–H and O–H groups in total. The van der Waals surface area contributed by atoms with Crippen molar-refractivity contribution in [3.63, 3.8) is 0 Å². The fraction of sp³-hybridized carbons (Fsp3) is 0.571. The molecule has 0 aliphatic carbocycles. The van der Waals surface area contributed by atoms with Crippen LogP contribution in [0, 0.1) is 0 Å². The first kappa shape index (κ1) is 14.5. The molecular formula is C14H22BrNO. The smallest absolute Gasteiger partial charge is 0.0810 e. The molecule has 1 rings (SSSR count). The fourth-order valence-electron chi connectivity index (χ4n) is 1.93. The van der Waals surface area contributed by atoms with Crippen LogP contribution in [0.4, 0.5) is 5.69 Å². The molecule has 1 aromatic carbocycles. The van der Waals surface area contributed by atoms with Crippen molar-refractivity contribution >= 4 is 21.6 Å². The number of anilines is 1. The van der Waals surface area contributed by atoms with E-state index in [2.05, 4.69) is 22.9 Å². The Morgan fingerprint density at radius 2 is 1.94 bits per heavy atom. The van der Waals surface area contributed by atoms with Gasteiger partial charge in [-0.1, -0.05) is 55.0 Å². The first-order valence-electron chi connectivity index (χ1n) is 6.38. The van der Waals surface area contributed by atoms with Crippen molar-refractivity contribution in [3.8, 4) is 0 Å². The van der Waals surface area contributed by atoms with Crippen molar-refractivity contribution in [2.75, 3.05) is 5.73 Å². The topological polar surface area (TPSA) is 46.2 Å². The van der Waals surface area contributed by atoms with Gasteiger partial charge in [-0.3, -0.25) is 0 Å². The van der Waals surface area contributed by atoms with Gasteiger partial charge in [0.2, 0.25) is 0 Å². The summed E-state index contributed by atoms with van der Waals surface area (Å²) in [6.07, 6.45) is 6.41. The number of hydrogen-bond acceptors (Lipinski definition) is 2. The van der Waals surface area contributed by atoms with Crippen LogP contribution in [0.2, 0.25) is 0 Å². The number of nitrogen functional groups attached to an aromatic ring is 1. The van der Waals surface area contributed by atoms with Crippen molar-refractivity contribution in [3.05, 3.63) is 28.2 Å². The maximum absolute atomic E-state index is 10.1. The van der Waals surface area contributed by atoms with Crippen LogP contribution in [0.1, 0.15) is 57.1 Å². The first-order chi connectivity index (χ1) is 8.15. The zero-order chi connectivity index (χ0) is 12.7. The van der Waals surface area contributed by atoms with E-state index in [-0.39, 0.29) is 0 Å². The van der Waals surface area contributed by atoms with Crippen LogP contribution in [-0.2, 0) is 0 Å². The zero-order valence-corrected chi connectivity index (χ0v) is 12.0. The van der Waals surface area contributed by atoms with E-state index in [0.717, 1.165) is 22.9 Å². The predicted octanol–water partition coefficient (Wildman–Crippen LogP) is 4.43. The third-order valence-corrected chi connectivity index (χ3v) is 3.48. The van der Waals surface area contributed by atoms with Gasteiger partial charge in [-0.15, -0.1) is 0 Å². The molecule has 0 bridgehead atoms. The lowest BCUT2D eigenvalue weighted by Gasteiger charge is -2.13. The SMILES string of the molecule is CCCCCCCC(O)c1cc(Br)ccc1N. The summed E-state index contributed by atoms with van der Waals surface area (Å²) in [6.45, 7) is 2.21. The molecule has 2 nitrogen and oxygen atoms in total. The molecule has 0 saturated heterocycles. The zero-order valence-electron chi connectivity index (χ0n) is 10.5. The Balaban J connectivity index is 2.41. The van der Waals surface area contributed by atoms with Gasteiger partial charge in [-0.05, 0) is 24.6 Å². The summed E-state index contributed by atoms with van der Waals surface area (Å²) in [6, 6.07) is 5.64. The monoisotopic (exact) mass is 299 g/mol. The van der Waals surface area contributed by atoms with E-state index >= 15 is 0 Å². The number of hydrogen-bond donors (Lipinski definition) is 2. The molecule has 0 aliphatic rings. The van der Waals surface area contributed by atoms with Gasteiger partial charge < -0.3 is 10.8 Å². The largest absolute Gasteiger partial charge is 0.398 e. The number of nitrogens with two attached hydrogens (primary N) is 1. The number of rotatable bonds is 7. The van der Waals surface area contributed by atoms with E-state index in [0.29, 0.717) is 5.69 Å². The minimum Gasteiger partial charge on any atom is -0.398 e. The number of halogens is 1. The highest BCUT2D eigenvalue weighted by atomic mass is 79.9. The highest BCUT2D eigenvalue weighted by molar-refractivity contribution is 9.10. The fourth-order valence-corrected chi connectivity index (χ4v) is 2.31. The van der Waals surface area contributed by atoms with Crippen molar-refractivity contribution in [1.82, 2.24) is 0 Å². The van der Waals surface area contributed by atoms with Gasteiger partial charge >= 0.3 is 0 Å². The van der Waals surface area contributed by atoms with Gasteiger partial charge in [0, 0.05) is 15.7 Å². The standard InChI is InChI=1S/C14H22BrNO/c1-2-3-4-5-6-7-14(17)12-10-11(15)8-9-13(12)16/h8-10,14,17H,2-7,16H2,1H3. The first-order valence-corrected chi connectivity index (χ1v) is 7.17. The molecule has 0 saturated carbocycles. The Labute approximate surface area is 112 Å². The van der Waals surface area contributed by atoms with E-state index in [9.17, 15) is 5.11 Å². The maximum atomic E-state index is 10.1. The second-order valence-corrected chi connectivity index (χ2v) is 5.41. The van der Waals surface area contributed by atoms with Gasteiger partial charge in [-0.25, -0.2) is 0 Å². The summed E-state index contributed by atoms with van der Waals surface area (Å²) in [5, 5.41) is 10.1. The molecule has 96 valence electrons. The summed E-state index contributed by atoms with van der Waals surface area (Å²) >= 11 is 3.40. The second-order valence-electron chi connectivity index (χ2n) is 4.49. The lowest BCUT2D eigenvalue weighted by Crippen LogP contribution is -2.02. The second kappa shape index (κ2) is 7.72. The average Bonchev–Trinajstić information content (AvgIpc) is 2.32. The quantitative estimate of drug-likeness (QED) is 0.578. The van der Waals surface area contributed by atoms with E-state index in [4.69, 9.17) is 5.73 Å². The lowest BCUT2D eigenvalue weighted by atomic mass is 10.0. The van der Waals surface area contributed by atoms with Crippen LogP contribution < -0.4 is 5.73 Å². The third-order valence-electron chi connectivity index (χ3n) is 2.99. The van der Waals surface area contributed by atoms with Crippen LogP contribution >= 0.6 is 15.9 Å². The molecule has 17 heavy (non-hydrogen) atoms. The minimum absolute atomic E-state index is 0.436. The van der Waals surface area contributed by atoms with E-state index < -0.39 is 6.10 Å². The molecule has 1 aromatic rings. The lowest BCUT2D eigenvalue weighted by molar-refractivity contribution is 0.164. The molecule has 3 heteroatoms. The Morgan fingerprint density at radius 3 is 2.65 bits per heavy atom. The Hall–Kier alpha value is -0.540. The number of aliphatic hydroxyl groups excluding tert-OH is 1. The van der Waals surface area contributed by atoms with Gasteiger partial charge in [0.25, 0.3) is 0 Å². The number of aliphatic hydroxyl groups is 1. The van der Waals surface area contributed by atoms with Gasteiger partial charge in [0.15, 0.2) is 0 Å². The van der Waals surface area contributed by atoms with Crippen molar-refractivity contribution in [2.24, 2.45) is 0 Å². The molecule has 1 atom stereocenters. The van der Waals surface area contributed by atoms with Crippen LogP contribution in [0.15, 0.2) is 22.7 Å². The molecule has 1 unspecified atom stereocenters. The minimum atomic E-state index is -0.436. The van der Waals surface area contributed by atoms with Crippen molar-refractivity contribution in [1.29, 1.82) is 0 Å². The van der Waals surface area contributed by atoms with Crippen LogP contribution in [0.25, 0.3) is 0 Å². The maximum Gasteiger partial charge on any atom is 0.0810 e. The summed E-state index contributed by atoms with van der Waals surface area (Å²) in [5.74, 6) is 0. The Kier molecular flexibility index (Phi) is 6.60. The average molecular weight is 300 g/mol. The van der Waals surface area contributed by atoms with E-state index in [1.807, 2.05) is 18.2 Å². The van der Waals surface area contributed by atoms with E-state index in [1.54, 1.807) is 0 Å². The van der Waals surface area contributed by atoms with Gasteiger partial charge in [-0.2, -0.15) is 0 Å². The highest BCUT2D eigenvalue weighted by Crippen LogP contribution is 2.27. The number of unbranched alkanes of at least 4 members (excludes halogenated alkanes) is 4. The van der Waals surface area contributed by atoms with Crippen molar-refractivity contribution < 1.29 is 5.11 Å². The van der Waals surface area contributed by atoms with Crippen LogP contribution in [0.3, 0.4) is 0 Å². The molecule has 0 aromatic heterocycles. The van der Waals surface area contributed by atoms with Crippen molar-refractivity contribution in [2.45, 2.75) is 51.6 Å². The normalized spacial score (nSPS) is 12.6. The molecule has 0 aliphatic heterocycles. The third kappa shape index (κ3) is 5.09. The number of benzene rings is 1. The summed E-state index contributed by atoms with van der Waals surface area (Å²) in [4.78, 5) is 0. The molecule has 0 fully saturated rings. The Morgan fingerprint density at radius 1 is 1.24 bits per heavy atom.